The minimum absolute atomic E-state index is 0.411. The van der Waals surface area contributed by atoms with E-state index < -0.39 is 17.5 Å². The Labute approximate surface area is 161 Å². The largest absolute Gasteiger partial charge is 0.459 e. The summed E-state index contributed by atoms with van der Waals surface area (Å²) in [6.07, 6.45) is 3.07. The fourth-order valence-corrected chi connectivity index (χ4v) is 3.36. The molecule has 1 unspecified atom stereocenters. The van der Waals surface area contributed by atoms with Crippen molar-refractivity contribution in [1.82, 2.24) is 24.4 Å². The van der Waals surface area contributed by atoms with Gasteiger partial charge in [0.05, 0.1) is 36.2 Å². The highest BCUT2D eigenvalue weighted by atomic mass is 35.5. The average Bonchev–Trinajstić information content (AvgIpc) is 3.19. The quantitative estimate of drug-likeness (QED) is 0.640. The molecule has 27 heavy (non-hydrogen) atoms. The van der Waals surface area contributed by atoms with Crippen molar-refractivity contribution in [2.75, 3.05) is 6.61 Å². The second kappa shape index (κ2) is 6.61. The van der Waals surface area contributed by atoms with E-state index in [2.05, 4.69) is 15.2 Å². The van der Waals surface area contributed by atoms with E-state index in [1.54, 1.807) is 16.8 Å². The van der Waals surface area contributed by atoms with Crippen LogP contribution < -0.4 is 0 Å². The summed E-state index contributed by atoms with van der Waals surface area (Å²) in [7, 11) is 0. The second-order valence-corrected chi connectivity index (χ2v) is 7.88. The summed E-state index contributed by atoms with van der Waals surface area (Å²) in [4.78, 5) is 17.4. The van der Waals surface area contributed by atoms with E-state index in [0.29, 0.717) is 41.7 Å². The SMILES string of the molecule is CC(C)(C)OC(=O)C(c1cc2n(n1)CCOC2)c1cc(Cl)cn2ncnc12. The third kappa shape index (κ3) is 3.54. The molecule has 0 aromatic carbocycles. The lowest BCUT2D eigenvalue weighted by atomic mass is 9.96. The van der Waals surface area contributed by atoms with Gasteiger partial charge >= 0.3 is 5.97 Å². The van der Waals surface area contributed by atoms with E-state index in [1.807, 2.05) is 31.5 Å². The van der Waals surface area contributed by atoms with Crippen molar-refractivity contribution in [1.29, 1.82) is 0 Å². The van der Waals surface area contributed by atoms with E-state index in [9.17, 15) is 4.79 Å². The van der Waals surface area contributed by atoms with Crippen LogP contribution in [0.1, 0.15) is 43.6 Å². The molecule has 0 N–H and O–H groups in total. The molecule has 9 heteroatoms. The van der Waals surface area contributed by atoms with Gasteiger partial charge in [-0.25, -0.2) is 9.50 Å². The van der Waals surface area contributed by atoms with Crippen LogP contribution in [0.25, 0.3) is 5.65 Å². The van der Waals surface area contributed by atoms with Gasteiger partial charge in [0.2, 0.25) is 0 Å². The van der Waals surface area contributed by atoms with Crippen LogP contribution in [0.2, 0.25) is 5.02 Å². The normalized spacial score (nSPS) is 15.6. The Balaban J connectivity index is 1.86. The molecule has 1 aliphatic heterocycles. The Bertz CT molecular complexity index is 981. The number of carbonyl (C=O) groups excluding carboxylic acids is 1. The molecule has 4 rings (SSSR count). The van der Waals surface area contributed by atoms with Crippen LogP contribution in [-0.4, -0.2) is 42.6 Å². The minimum Gasteiger partial charge on any atom is -0.459 e. The number of ether oxygens (including phenoxy) is 2. The van der Waals surface area contributed by atoms with Crippen LogP contribution in [0, 0.1) is 0 Å². The zero-order valence-electron chi connectivity index (χ0n) is 15.3. The first-order valence-electron chi connectivity index (χ1n) is 8.68. The molecule has 3 aromatic rings. The third-order valence-corrected chi connectivity index (χ3v) is 4.41. The number of pyridine rings is 1. The van der Waals surface area contributed by atoms with Crippen LogP contribution in [-0.2, 0) is 27.4 Å². The Kier molecular flexibility index (Phi) is 4.39. The predicted octanol–water partition coefficient (Wildman–Crippen LogP) is 2.58. The maximum absolute atomic E-state index is 13.1. The Morgan fingerprint density at radius 1 is 1.37 bits per heavy atom. The first kappa shape index (κ1) is 17.9. The topological polar surface area (TPSA) is 83.5 Å². The van der Waals surface area contributed by atoms with Crippen molar-refractivity contribution in [2.24, 2.45) is 0 Å². The maximum Gasteiger partial charge on any atom is 0.320 e. The summed E-state index contributed by atoms with van der Waals surface area (Å²) in [6.45, 7) is 7.20. The van der Waals surface area contributed by atoms with Gasteiger partial charge in [-0.2, -0.15) is 10.2 Å². The van der Waals surface area contributed by atoms with Crippen molar-refractivity contribution >= 4 is 23.2 Å². The van der Waals surface area contributed by atoms with Gasteiger partial charge in [0, 0.05) is 11.8 Å². The van der Waals surface area contributed by atoms with Crippen molar-refractivity contribution in [3.05, 3.63) is 46.6 Å². The number of aromatic nitrogens is 5. The van der Waals surface area contributed by atoms with Gasteiger partial charge in [-0.15, -0.1) is 0 Å². The van der Waals surface area contributed by atoms with E-state index in [1.165, 1.54) is 6.33 Å². The van der Waals surface area contributed by atoms with Crippen LogP contribution in [0.3, 0.4) is 0 Å². The van der Waals surface area contributed by atoms with Crippen LogP contribution in [0.4, 0.5) is 0 Å². The molecular weight excluding hydrogens is 370 g/mol. The zero-order valence-corrected chi connectivity index (χ0v) is 16.1. The molecule has 142 valence electrons. The number of rotatable bonds is 3. The molecule has 4 heterocycles. The summed E-state index contributed by atoms with van der Waals surface area (Å²) >= 11 is 6.26. The standard InChI is InChI=1S/C18H20ClN5O3/c1-18(2,3)27-17(25)15(14-7-12-9-26-5-4-23(12)22-14)13-6-11(19)8-24-16(13)20-10-21-24/h6-8,10,15H,4-5,9H2,1-3H3. The van der Waals surface area contributed by atoms with Gasteiger partial charge in [0.25, 0.3) is 0 Å². The number of esters is 1. The highest BCUT2D eigenvalue weighted by molar-refractivity contribution is 6.30. The van der Waals surface area contributed by atoms with Gasteiger partial charge in [-0.3, -0.25) is 9.48 Å². The molecule has 0 spiro atoms. The lowest BCUT2D eigenvalue weighted by Gasteiger charge is -2.23. The molecule has 1 aliphatic rings. The summed E-state index contributed by atoms with van der Waals surface area (Å²) in [6, 6.07) is 3.59. The first-order valence-corrected chi connectivity index (χ1v) is 9.05. The van der Waals surface area contributed by atoms with Crippen LogP contribution in [0.15, 0.2) is 24.7 Å². The van der Waals surface area contributed by atoms with Gasteiger partial charge < -0.3 is 9.47 Å². The molecule has 0 aliphatic carbocycles. The van der Waals surface area contributed by atoms with Gasteiger partial charge in [-0.05, 0) is 32.9 Å². The van der Waals surface area contributed by atoms with E-state index in [-0.39, 0.29) is 0 Å². The average molecular weight is 390 g/mol. The monoisotopic (exact) mass is 389 g/mol. The predicted molar refractivity (Wildman–Crippen MR) is 97.6 cm³/mol. The number of halogens is 1. The molecule has 8 nitrogen and oxygen atoms in total. The van der Waals surface area contributed by atoms with Crippen LogP contribution >= 0.6 is 11.6 Å². The molecule has 0 amide bonds. The van der Waals surface area contributed by atoms with Crippen LogP contribution in [0.5, 0.6) is 0 Å². The third-order valence-electron chi connectivity index (χ3n) is 4.20. The van der Waals surface area contributed by atoms with Gasteiger partial charge in [0.1, 0.15) is 17.8 Å². The van der Waals surface area contributed by atoms with Crippen molar-refractivity contribution in [3.63, 3.8) is 0 Å². The number of hydrogen-bond donors (Lipinski definition) is 0. The molecule has 0 radical (unpaired) electrons. The van der Waals surface area contributed by atoms with E-state index in [4.69, 9.17) is 21.1 Å². The highest BCUT2D eigenvalue weighted by Gasteiger charge is 2.33. The molecule has 3 aromatic heterocycles. The minimum atomic E-state index is -0.771. The number of fused-ring (bicyclic) bond motifs is 2. The number of hydrogen-bond acceptors (Lipinski definition) is 6. The van der Waals surface area contributed by atoms with Crippen molar-refractivity contribution in [2.45, 2.75) is 45.4 Å². The summed E-state index contributed by atoms with van der Waals surface area (Å²) in [5, 5.41) is 9.22. The van der Waals surface area contributed by atoms with Gasteiger partial charge in [0.15, 0.2) is 5.65 Å². The fraction of sp³-hybridized carbons (Fsp3) is 0.444. The maximum atomic E-state index is 13.1. The number of nitrogens with zero attached hydrogens (tertiary/aromatic N) is 5. The Hall–Kier alpha value is -2.45. The first-order chi connectivity index (χ1) is 12.8. The molecule has 0 fully saturated rings. The smallest absolute Gasteiger partial charge is 0.320 e. The summed E-state index contributed by atoms with van der Waals surface area (Å²) in [5.41, 5.74) is 2.00. The Morgan fingerprint density at radius 2 is 2.19 bits per heavy atom. The molecular formula is C18H20ClN5O3. The summed E-state index contributed by atoms with van der Waals surface area (Å²) < 4.78 is 14.6. The van der Waals surface area contributed by atoms with Crippen molar-refractivity contribution < 1.29 is 14.3 Å². The molecule has 0 saturated heterocycles. The summed E-state index contributed by atoms with van der Waals surface area (Å²) in [5.74, 6) is -1.18. The van der Waals surface area contributed by atoms with E-state index >= 15 is 0 Å². The molecule has 0 bridgehead atoms. The lowest BCUT2D eigenvalue weighted by molar-refractivity contribution is -0.155. The van der Waals surface area contributed by atoms with E-state index in [0.717, 1.165) is 5.69 Å². The zero-order chi connectivity index (χ0) is 19.2. The molecule has 1 atom stereocenters. The fourth-order valence-electron chi connectivity index (χ4n) is 3.15. The molecule has 0 saturated carbocycles. The highest BCUT2D eigenvalue weighted by Crippen LogP contribution is 2.32. The van der Waals surface area contributed by atoms with Crippen molar-refractivity contribution in [3.8, 4) is 0 Å². The Morgan fingerprint density at radius 3 is 2.93 bits per heavy atom. The lowest BCUT2D eigenvalue weighted by Crippen LogP contribution is -2.29. The second-order valence-electron chi connectivity index (χ2n) is 7.44. The number of carbonyl (C=O) groups is 1. The van der Waals surface area contributed by atoms with Gasteiger partial charge in [-0.1, -0.05) is 11.6 Å².